The van der Waals surface area contributed by atoms with E-state index in [1.165, 1.54) is 26.3 Å². The monoisotopic (exact) mass is 231 g/mol. The Balaban J connectivity index is 0. The smallest absolute Gasteiger partial charge is 0.306 e. The Morgan fingerprint density at radius 1 is 1.06 bits per heavy atom. The van der Waals surface area contributed by atoms with E-state index in [4.69, 9.17) is 0 Å². The van der Waals surface area contributed by atoms with E-state index in [1.54, 1.807) is 6.92 Å². The van der Waals surface area contributed by atoms with Gasteiger partial charge >= 0.3 is 5.97 Å². The van der Waals surface area contributed by atoms with Gasteiger partial charge in [-0.1, -0.05) is 33.1 Å². The van der Waals surface area contributed by atoms with Crippen LogP contribution in [0.2, 0.25) is 0 Å². The second-order valence-electron chi connectivity index (χ2n) is 3.33. The van der Waals surface area contributed by atoms with Gasteiger partial charge in [-0.25, -0.2) is 0 Å². The Kier molecular flexibility index (Phi) is 15.1. The van der Waals surface area contributed by atoms with Gasteiger partial charge in [0.25, 0.3) is 0 Å². The molecule has 96 valence electrons. The fourth-order valence-corrected chi connectivity index (χ4v) is 0.927. The lowest BCUT2D eigenvalue weighted by Crippen LogP contribution is -2.19. The number of amides is 1. The van der Waals surface area contributed by atoms with Crippen molar-refractivity contribution in [2.45, 2.75) is 52.9 Å². The summed E-state index contributed by atoms with van der Waals surface area (Å²) < 4.78 is 4.62. The Hall–Kier alpha value is -1.06. The lowest BCUT2D eigenvalue weighted by molar-refractivity contribution is -0.144. The lowest BCUT2D eigenvalue weighted by atomic mass is 10.3. The maximum atomic E-state index is 10.7. The van der Waals surface area contributed by atoms with E-state index in [0.717, 1.165) is 0 Å². The van der Waals surface area contributed by atoms with Gasteiger partial charge < -0.3 is 10.1 Å². The zero-order chi connectivity index (χ0) is 12.8. The summed E-state index contributed by atoms with van der Waals surface area (Å²) in [4.78, 5) is 21.3. The van der Waals surface area contributed by atoms with Crippen molar-refractivity contribution in [1.82, 2.24) is 5.32 Å². The molecule has 0 aliphatic carbocycles. The Morgan fingerprint density at radius 3 is 1.94 bits per heavy atom. The lowest BCUT2D eigenvalue weighted by Gasteiger charge is -1.99. The van der Waals surface area contributed by atoms with Crippen LogP contribution in [0.4, 0.5) is 0 Å². The molecule has 0 bridgehead atoms. The summed E-state index contributed by atoms with van der Waals surface area (Å²) in [6.07, 6.45) is 4.44. The highest BCUT2D eigenvalue weighted by molar-refractivity contribution is 5.80. The summed E-state index contributed by atoms with van der Waals surface area (Å²) >= 11 is 0. The van der Waals surface area contributed by atoms with Crippen LogP contribution in [0.25, 0.3) is 0 Å². The third kappa shape index (κ3) is 15.4. The molecule has 4 nitrogen and oxygen atoms in total. The van der Waals surface area contributed by atoms with Gasteiger partial charge in [0.15, 0.2) is 0 Å². The van der Waals surface area contributed by atoms with Crippen molar-refractivity contribution in [3.05, 3.63) is 0 Å². The van der Waals surface area contributed by atoms with Crippen LogP contribution in [-0.2, 0) is 14.3 Å². The van der Waals surface area contributed by atoms with Gasteiger partial charge in [0.1, 0.15) is 0 Å². The SMILES string of the molecule is CCCCC.CCOC(=O)CCC(=O)NC. The minimum Gasteiger partial charge on any atom is -0.466 e. The Bertz CT molecular complexity index is 179. The molecule has 0 atom stereocenters. The average molecular weight is 231 g/mol. The first-order valence-electron chi connectivity index (χ1n) is 5.98. The van der Waals surface area contributed by atoms with E-state index in [-0.39, 0.29) is 24.7 Å². The predicted molar refractivity (Wildman–Crippen MR) is 65.1 cm³/mol. The summed E-state index contributed by atoms with van der Waals surface area (Å²) in [7, 11) is 1.54. The van der Waals surface area contributed by atoms with E-state index in [9.17, 15) is 9.59 Å². The van der Waals surface area contributed by atoms with Crippen molar-refractivity contribution < 1.29 is 14.3 Å². The topological polar surface area (TPSA) is 55.4 Å². The van der Waals surface area contributed by atoms with Crippen LogP contribution < -0.4 is 5.32 Å². The van der Waals surface area contributed by atoms with Crippen molar-refractivity contribution in [2.75, 3.05) is 13.7 Å². The molecule has 0 aromatic carbocycles. The number of rotatable bonds is 6. The Labute approximate surface area is 98.7 Å². The molecule has 1 N–H and O–H groups in total. The number of nitrogens with one attached hydrogen (secondary N) is 1. The molecule has 0 radical (unpaired) electrons. The first-order valence-corrected chi connectivity index (χ1v) is 5.98. The summed E-state index contributed by atoms with van der Waals surface area (Å²) in [6, 6.07) is 0. The van der Waals surface area contributed by atoms with Gasteiger partial charge in [-0.3, -0.25) is 9.59 Å². The van der Waals surface area contributed by atoms with Crippen molar-refractivity contribution in [3.63, 3.8) is 0 Å². The molecule has 0 heterocycles. The molecular weight excluding hydrogens is 206 g/mol. The number of ether oxygens (including phenoxy) is 1. The van der Waals surface area contributed by atoms with Crippen molar-refractivity contribution in [1.29, 1.82) is 0 Å². The maximum absolute atomic E-state index is 10.7. The van der Waals surface area contributed by atoms with Crippen molar-refractivity contribution >= 4 is 11.9 Å². The van der Waals surface area contributed by atoms with Gasteiger partial charge in [-0.05, 0) is 6.92 Å². The highest BCUT2D eigenvalue weighted by atomic mass is 16.5. The number of unbranched alkanes of at least 4 members (excludes halogenated alkanes) is 2. The quantitative estimate of drug-likeness (QED) is 0.713. The minimum absolute atomic E-state index is 0.141. The third-order valence-corrected chi connectivity index (χ3v) is 1.85. The van der Waals surface area contributed by atoms with Gasteiger partial charge in [-0.2, -0.15) is 0 Å². The van der Waals surface area contributed by atoms with Crippen LogP contribution in [0.5, 0.6) is 0 Å². The highest BCUT2D eigenvalue weighted by Crippen LogP contribution is 1.91. The molecule has 0 saturated carbocycles. The molecule has 0 spiro atoms. The van der Waals surface area contributed by atoms with E-state index in [0.29, 0.717) is 6.61 Å². The fourth-order valence-electron chi connectivity index (χ4n) is 0.927. The molecule has 0 aromatic rings. The highest BCUT2D eigenvalue weighted by Gasteiger charge is 2.04. The van der Waals surface area contributed by atoms with Gasteiger partial charge in [-0.15, -0.1) is 0 Å². The van der Waals surface area contributed by atoms with E-state index >= 15 is 0 Å². The van der Waals surface area contributed by atoms with Crippen LogP contribution in [0.15, 0.2) is 0 Å². The van der Waals surface area contributed by atoms with Crippen LogP contribution >= 0.6 is 0 Å². The maximum Gasteiger partial charge on any atom is 0.306 e. The molecule has 0 fully saturated rings. The summed E-state index contributed by atoms with van der Waals surface area (Å²) in [5.41, 5.74) is 0. The molecule has 0 aromatic heterocycles. The number of carbonyl (C=O) groups excluding carboxylic acids is 2. The summed E-state index contributed by atoms with van der Waals surface area (Å²) in [5.74, 6) is -0.464. The zero-order valence-corrected chi connectivity index (χ0v) is 11.0. The first-order chi connectivity index (χ1) is 7.62. The zero-order valence-electron chi connectivity index (χ0n) is 11.0. The van der Waals surface area contributed by atoms with Gasteiger partial charge in [0.2, 0.25) is 5.91 Å². The van der Waals surface area contributed by atoms with Gasteiger partial charge in [0, 0.05) is 13.5 Å². The number of esters is 1. The second-order valence-corrected chi connectivity index (χ2v) is 3.33. The molecule has 0 aliphatic rings. The third-order valence-electron chi connectivity index (χ3n) is 1.85. The van der Waals surface area contributed by atoms with Crippen LogP contribution in [0.1, 0.15) is 52.9 Å². The molecule has 1 amide bonds. The second kappa shape index (κ2) is 13.9. The molecule has 16 heavy (non-hydrogen) atoms. The normalized spacial score (nSPS) is 8.75. The Morgan fingerprint density at radius 2 is 1.62 bits per heavy atom. The number of carbonyl (C=O) groups is 2. The fraction of sp³-hybridized carbons (Fsp3) is 0.833. The van der Waals surface area contributed by atoms with Crippen LogP contribution in [0.3, 0.4) is 0 Å². The largest absolute Gasteiger partial charge is 0.466 e. The molecule has 0 aliphatic heterocycles. The predicted octanol–water partition coefficient (Wildman–Crippen LogP) is 2.27. The van der Waals surface area contributed by atoms with E-state index < -0.39 is 0 Å². The molecular formula is C12H25NO3. The summed E-state index contributed by atoms with van der Waals surface area (Å²) in [5, 5.41) is 2.42. The molecule has 0 saturated heterocycles. The van der Waals surface area contributed by atoms with Crippen LogP contribution in [0, 0.1) is 0 Å². The van der Waals surface area contributed by atoms with Gasteiger partial charge in [0.05, 0.1) is 13.0 Å². The minimum atomic E-state index is -0.323. The molecule has 4 heteroatoms. The summed E-state index contributed by atoms with van der Waals surface area (Å²) in [6.45, 7) is 6.53. The van der Waals surface area contributed by atoms with Crippen LogP contribution in [-0.4, -0.2) is 25.5 Å². The first kappa shape index (κ1) is 17.3. The van der Waals surface area contributed by atoms with E-state index in [1.807, 2.05) is 0 Å². The standard InChI is InChI=1S/C7H13NO3.C5H12/c1-3-11-7(10)5-4-6(9)8-2;1-3-5-4-2/h3-5H2,1-2H3,(H,8,9);3-5H2,1-2H3. The molecule has 0 unspecified atom stereocenters. The van der Waals surface area contributed by atoms with Crippen molar-refractivity contribution in [3.8, 4) is 0 Å². The molecule has 0 rings (SSSR count). The number of hydrogen-bond acceptors (Lipinski definition) is 3. The van der Waals surface area contributed by atoms with Crippen molar-refractivity contribution in [2.24, 2.45) is 0 Å². The van der Waals surface area contributed by atoms with E-state index in [2.05, 4.69) is 23.9 Å². The number of hydrogen-bond donors (Lipinski definition) is 1. The average Bonchev–Trinajstić information content (AvgIpc) is 2.28.